The van der Waals surface area contributed by atoms with Crippen LogP contribution in [0.3, 0.4) is 0 Å². The van der Waals surface area contributed by atoms with Crippen molar-refractivity contribution in [3.8, 4) is 11.3 Å². The van der Waals surface area contributed by atoms with Gasteiger partial charge in [-0.3, -0.25) is 14.6 Å². The number of likely N-dealkylation sites (tertiary alicyclic amines) is 1. The second kappa shape index (κ2) is 8.06. The van der Waals surface area contributed by atoms with Crippen molar-refractivity contribution in [1.82, 2.24) is 19.7 Å². The molecule has 1 aliphatic rings. The summed E-state index contributed by atoms with van der Waals surface area (Å²) in [5, 5.41) is 4.54. The molecule has 0 aliphatic carbocycles. The molecule has 0 saturated carbocycles. The number of carbonyl (C=O) groups excluding carboxylic acids is 1. The third kappa shape index (κ3) is 4.04. The van der Waals surface area contributed by atoms with Gasteiger partial charge in [0.2, 0.25) is 0 Å². The molecule has 0 spiro atoms. The number of aromatic nitrogens is 3. The third-order valence-electron chi connectivity index (χ3n) is 5.13. The molecule has 0 unspecified atom stereocenters. The van der Waals surface area contributed by atoms with Crippen LogP contribution in [0.25, 0.3) is 11.3 Å². The molecule has 1 saturated heterocycles. The normalized spacial score (nSPS) is 15.0. The minimum absolute atomic E-state index is 0.0922. The Hall–Kier alpha value is -2.80. The number of carbonyl (C=O) groups is 1. The Morgan fingerprint density at radius 1 is 1.11 bits per heavy atom. The largest absolute Gasteiger partial charge is 0.338 e. The summed E-state index contributed by atoms with van der Waals surface area (Å²) >= 11 is 1.54. The maximum absolute atomic E-state index is 12.6. The number of piperidine rings is 1. The third-order valence-corrected chi connectivity index (χ3v) is 6.12. The van der Waals surface area contributed by atoms with E-state index in [1.54, 1.807) is 40.5 Å². The van der Waals surface area contributed by atoms with E-state index in [-0.39, 0.29) is 11.5 Å². The maximum atomic E-state index is 12.6. The number of pyridine rings is 1. The molecule has 0 aromatic carbocycles. The maximum Gasteiger partial charge on any atom is 0.266 e. The first kappa shape index (κ1) is 18.6. The highest BCUT2D eigenvalue weighted by Gasteiger charge is 2.25. The van der Waals surface area contributed by atoms with E-state index in [2.05, 4.69) is 10.1 Å². The van der Waals surface area contributed by atoms with Crippen LogP contribution in [-0.4, -0.2) is 38.7 Å². The smallest absolute Gasteiger partial charge is 0.266 e. The Labute approximate surface area is 167 Å². The standard InChI is InChI=1S/C21H22N4O2S/c1-15-2-4-19(28-15)21(27)24-12-8-16(9-13-24)14-25-20(26)5-3-18(23-25)17-6-10-22-11-7-17/h2-7,10-11,16H,8-9,12-14H2,1H3. The van der Waals surface area contributed by atoms with E-state index in [0.717, 1.165) is 46.9 Å². The van der Waals surface area contributed by atoms with Crippen molar-refractivity contribution in [2.24, 2.45) is 5.92 Å². The Morgan fingerprint density at radius 3 is 2.54 bits per heavy atom. The van der Waals surface area contributed by atoms with Crippen LogP contribution in [-0.2, 0) is 6.54 Å². The average molecular weight is 395 g/mol. The summed E-state index contributed by atoms with van der Waals surface area (Å²) in [4.78, 5) is 32.8. The summed E-state index contributed by atoms with van der Waals surface area (Å²) in [5.41, 5.74) is 1.61. The van der Waals surface area contributed by atoms with Crippen molar-refractivity contribution >= 4 is 17.2 Å². The molecule has 6 nitrogen and oxygen atoms in total. The van der Waals surface area contributed by atoms with E-state index >= 15 is 0 Å². The molecule has 4 rings (SSSR count). The van der Waals surface area contributed by atoms with Gasteiger partial charge in [0.25, 0.3) is 11.5 Å². The number of amides is 1. The van der Waals surface area contributed by atoms with Gasteiger partial charge in [-0.1, -0.05) is 0 Å². The van der Waals surface area contributed by atoms with Crippen LogP contribution >= 0.6 is 11.3 Å². The molecule has 1 aliphatic heterocycles. The minimum Gasteiger partial charge on any atom is -0.338 e. The second-order valence-corrected chi connectivity index (χ2v) is 8.41. The number of hydrogen-bond donors (Lipinski definition) is 0. The highest BCUT2D eigenvalue weighted by atomic mass is 32.1. The van der Waals surface area contributed by atoms with Crippen LogP contribution in [0.5, 0.6) is 0 Å². The zero-order chi connectivity index (χ0) is 19.5. The molecule has 1 amide bonds. The van der Waals surface area contributed by atoms with Gasteiger partial charge in [-0.15, -0.1) is 11.3 Å². The fourth-order valence-electron chi connectivity index (χ4n) is 3.52. The molecular weight excluding hydrogens is 372 g/mol. The number of aryl methyl sites for hydroxylation is 1. The van der Waals surface area contributed by atoms with E-state index < -0.39 is 0 Å². The molecule has 0 bridgehead atoms. The van der Waals surface area contributed by atoms with Crippen LogP contribution in [0, 0.1) is 12.8 Å². The number of hydrogen-bond acceptors (Lipinski definition) is 5. The van der Waals surface area contributed by atoms with E-state index in [9.17, 15) is 9.59 Å². The average Bonchev–Trinajstić information content (AvgIpc) is 3.17. The lowest BCUT2D eigenvalue weighted by atomic mass is 9.96. The van der Waals surface area contributed by atoms with Crippen molar-refractivity contribution < 1.29 is 4.79 Å². The van der Waals surface area contributed by atoms with Crippen LogP contribution in [0.4, 0.5) is 0 Å². The van der Waals surface area contributed by atoms with E-state index in [1.807, 2.05) is 36.1 Å². The minimum atomic E-state index is -0.0922. The molecular formula is C21H22N4O2S. The molecule has 144 valence electrons. The van der Waals surface area contributed by atoms with Gasteiger partial charge in [-0.05, 0) is 56.0 Å². The fourth-order valence-corrected chi connectivity index (χ4v) is 4.36. The predicted molar refractivity (Wildman–Crippen MR) is 109 cm³/mol. The molecule has 0 atom stereocenters. The first-order valence-electron chi connectivity index (χ1n) is 9.44. The van der Waals surface area contributed by atoms with Gasteiger partial charge < -0.3 is 4.90 Å². The SMILES string of the molecule is Cc1ccc(C(=O)N2CCC(Cn3nc(-c4ccncc4)ccc3=O)CC2)s1. The van der Waals surface area contributed by atoms with Crippen molar-refractivity contribution in [1.29, 1.82) is 0 Å². The van der Waals surface area contributed by atoms with Gasteiger partial charge >= 0.3 is 0 Å². The van der Waals surface area contributed by atoms with Crippen LogP contribution in [0.2, 0.25) is 0 Å². The van der Waals surface area contributed by atoms with Gasteiger partial charge in [0, 0.05) is 48.5 Å². The van der Waals surface area contributed by atoms with Gasteiger partial charge in [0.15, 0.2) is 0 Å². The molecule has 1 fully saturated rings. The quantitative estimate of drug-likeness (QED) is 0.681. The van der Waals surface area contributed by atoms with Crippen molar-refractivity contribution in [3.63, 3.8) is 0 Å². The summed E-state index contributed by atoms with van der Waals surface area (Å²) in [6.07, 6.45) is 5.19. The molecule has 0 N–H and O–H groups in total. The van der Waals surface area contributed by atoms with Gasteiger partial charge in [0.1, 0.15) is 0 Å². The van der Waals surface area contributed by atoms with Gasteiger partial charge in [0.05, 0.1) is 10.6 Å². The molecule has 3 aromatic rings. The second-order valence-electron chi connectivity index (χ2n) is 7.12. The zero-order valence-corrected chi connectivity index (χ0v) is 16.6. The Balaban J connectivity index is 1.41. The van der Waals surface area contributed by atoms with Crippen LogP contribution < -0.4 is 5.56 Å². The van der Waals surface area contributed by atoms with Gasteiger partial charge in [-0.25, -0.2) is 4.68 Å². The van der Waals surface area contributed by atoms with E-state index in [0.29, 0.717) is 12.5 Å². The lowest BCUT2D eigenvalue weighted by molar-refractivity contribution is 0.0685. The van der Waals surface area contributed by atoms with Gasteiger partial charge in [-0.2, -0.15) is 5.10 Å². The summed E-state index contributed by atoms with van der Waals surface area (Å²) in [5.74, 6) is 0.457. The first-order valence-corrected chi connectivity index (χ1v) is 10.3. The highest BCUT2D eigenvalue weighted by molar-refractivity contribution is 7.13. The summed E-state index contributed by atoms with van der Waals surface area (Å²) in [6.45, 7) is 4.04. The van der Waals surface area contributed by atoms with Crippen molar-refractivity contribution in [3.05, 3.63) is 68.9 Å². The zero-order valence-electron chi connectivity index (χ0n) is 15.7. The van der Waals surface area contributed by atoms with Crippen LogP contribution in [0.15, 0.2) is 53.6 Å². The summed E-state index contributed by atoms with van der Waals surface area (Å²) < 4.78 is 1.56. The Morgan fingerprint density at radius 2 is 1.86 bits per heavy atom. The monoisotopic (exact) mass is 394 g/mol. The molecule has 7 heteroatoms. The summed E-state index contributed by atoms with van der Waals surface area (Å²) in [7, 11) is 0. The molecule has 0 radical (unpaired) electrons. The number of rotatable bonds is 4. The van der Waals surface area contributed by atoms with Crippen molar-refractivity contribution in [2.75, 3.05) is 13.1 Å². The fraction of sp³-hybridized carbons (Fsp3) is 0.333. The van der Waals surface area contributed by atoms with E-state index in [1.165, 1.54) is 0 Å². The Bertz CT molecular complexity index is 1020. The molecule has 3 aromatic heterocycles. The molecule has 4 heterocycles. The lowest BCUT2D eigenvalue weighted by Gasteiger charge is -2.31. The highest BCUT2D eigenvalue weighted by Crippen LogP contribution is 2.23. The first-order chi connectivity index (χ1) is 13.6. The van der Waals surface area contributed by atoms with Crippen molar-refractivity contribution in [2.45, 2.75) is 26.3 Å². The summed E-state index contributed by atoms with van der Waals surface area (Å²) in [6, 6.07) is 11.0. The lowest BCUT2D eigenvalue weighted by Crippen LogP contribution is -2.40. The topological polar surface area (TPSA) is 68.1 Å². The van der Waals surface area contributed by atoms with Crippen LogP contribution in [0.1, 0.15) is 27.4 Å². The molecule has 28 heavy (non-hydrogen) atoms. The number of nitrogens with zero attached hydrogens (tertiary/aromatic N) is 4. The predicted octanol–water partition coefficient (Wildman–Crippen LogP) is 3.23. The van der Waals surface area contributed by atoms with E-state index in [4.69, 9.17) is 0 Å². The number of thiophene rings is 1. The Kier molecular flexibility index (Phi) is 5.34.